The Morgan fingerprint density at radius 3 is 3.13 bits per heavy atom. The molecule has 0 aliphatic carbocycles. The molecule has 1 N–H and O–H groups in total. The Hall–Kier alpha value is -0.610. The van der Waals surface area contributed by atoms with Gasteiger partial charge in [-0.1, -0.05) is 6.07 Å². The van der Waals surface area contributed by atoms with E-state index in [0.29, 0.717) is 5.92 Å². The molecule has 2 rings (SSSR count). The minimum atomic E-state index is 0.282. The van der Waals surface area contributed by atoms with Crippen LogP contribution >= 0.6 is 15.9 Å². The van der Waals surface area contributed by atoms with Crippen molar-refractivity contribution < 1.29 is 5.11 Å². The number of halogens is 1. The van der Waals surface area contributed by atoms with Crippen molar-refractivity contribution in [3.05, 3.63) is 22.8 Å². The smallest absolute Gasteiger partial charge is 0.129 e. The molecule has 0 radical (unpaired) electrons. The lowest BCUT2D eigenvalue weighted by Crippen LogP contribution is -2.37. The third-order valence-electron chi connectivity index (χ3n) is 2.80. The molecule has 1 atom stereocenters. The maximum Gasteiger partial charge on any atom is 0.129 e. The molecule has 0 amide bonds. The van der Waals surface area contributed by atoms with Gasteiger partial charge in [-0.3, -0.25) is 0 Å². The predicted octanol–water partition coefficient (Wildman–Crippen LogP) is 2.05. The van der Waals surface area contributed by atoms with Gasteiger partial charge >= 0.3 is 0 Å². The lowest BCUT2D eigenvalue weighted by Gasteiger charge is -2.32. The van der Waals surface area contributed by atoms with E-state index >= 15 is 0 Å². The topological polar surface area (TPSA) is 36.4 Å². The van der Waals surface area contributed by atoms with Crippen molar-refractivity contribution in [1.82, 2.24) is 4.98 Å². The molecule has 2 heterocycles. The Balaban J connectivity index is 2.09. The summed E-state index contributed by atoms with van der Waals surface area (Å²) < 4.78 is 0.867. The van der Waals surface area contributed by atoms with Crippen LogP contribution in [-0.2, 0) is 0 Å². The molecule has 1 unspecified atom stereocenters. The van der Waals surface area contributed by atoms with Crippen molar-refractivity contribution in [1.29, 1.82) is 0 Å². The number of pyridine rings is 1. The van der Waals surface area contributed by atoms with E-state index in [-0.39, 0.29) is 6.61 Å². The standard InChI is InChI=1S/C11H15BrN2O/c12-10-4-1-5-11(13-10)14-6-2-3-9(7-14)8-15/h1,4-5,9,15H,2-3,6-8H2. The van der Waals surface area contributed by atoms with Gasteiger partial charge in [0.15, 0.2) is 0 Å². The van der Waals surface area contributed by atoms with Gasteiger partial charge in [-0.15, -0.1) is 0 Å². The average Bonchev–Trinajstić information content (AvgIpc) is 2.29. The summed E-state index contributed by atoms with van der Waals surface area (Å²) in [7, 11) is 0. The highest BCUT2D eigenvalue weighted by Crippen LogP contribution is 2.22. The summed E-state index contributed by atoms with van der Waals surface area (Å²) in [5.41, 5.74) is 0. The minimum Gasteiger partial charge on any atom is -0.396 e. The monoisotopic (exact) mass is 270 g/mol. The first-order valence-electron chi connectivity index (χ1n) is 5.28. The van der Waals surface area contributed by atoms with Crippen molar-refractivity contribution in [2.75, 3.05) is 24.6 Å². The average molecular weight is 271 g/mol. The maximum absolute atomic E-state index is 9.15. The lowest BCUT2D eigenvalue weighted by atomic mass is 9.99. The summed E-state index contributed by atoms with van der Waals surface area (Å²) >= 11 is 3.37. The van der Waals surface area contributed by atoms with Gasteiger partial charge in [-0.2, -0.15) is 0 Å². The third kappa shape index (κ3) is 2.69. The number of piperidine rings is 1. The highest BCUT2D eigenvalue weighted by atomic mass is 79.9. The molecule has 0 saturated carbocycles. The van der Waals surface area contributed by atoms with Crippen LogP contribution in [0.2, 0.25) is 0 Å². The lowest BCUT2D eigenvalue weighted by molar-refractivity contribution is 0.208. The zero-order chi connectivity index (χ0) is 10.7. The zero-order valence-electron chi connectivity index (χ0n) is 8.56. The normalized spacial score (nSPS) is 21.7. The highest BCUT2D eigenvalue weighted by molar-refractivity contribution is 9.10. The van der Waals surface area contributed by atoms with E-state index in [0.717, 1.165) is 36.4 Å². The van der Waals surface area contributed by atoms with Gasteiger partial charge in [0.05, 0.1) is 0 Å². The van der Waals surface area contributed by atoms with Gasteiger partial charge in [-0.25, -0.2) is 4.98 Å². The van der Waals surface area contributed by atoms with Crippen LogP contribution in [0.5, 0.6) is 0 Å². The Morgan fingerprint density at radius 1 is 1.53 bits per heavy atom. The quantitative estimate of drug-likeness (QED) is 0.836. The largest absolute Gasteiger partial charge is 0.396 e. The first kappa shape index (κ1) is 10.9. The molecule has 82 valence electrons. The van der Waals surface area contributed by atoms with Crippen molar-refractivity contribution in [3.63, 3.8) is 0 Å². The summed E-state index contributed by atoms with van der Waals surface area (Å²) in [4.78, 5) is 6.67. The van der Waals surface area contributed by atoms with Crippen LogP contribution < -0.4 is 4.90 Å². The summed E-state index contributed by atoms with van der Waals surface area (Å²) in [5, 5.41) is 9.15. The first-order chi connectivity index (χ1) is 7.29. The number of rotatable bonds is 2. The van der Waals surface area contributed by atoms with Crippen LogP contribution in [0.25, 0.3) is 0 Å². The van der Waals surface area contributed by atoms with Crippen molar-refractivity contribution in [2.45, 2.75) is 12.8 Å². The van der Waals surface area contributed by atoms with Gasteiger partial charge in [0.2, 0.25) is 0 Å². The van der Waals surface area contributed by atoms with Gasteiger partial charge in [0, 0.05) is 19.7 Å². The number of aliphatic hydroxyl groups is 1. The molecule has 15 heavy (non-hydrogen) atoms. The van der Waals surface area contributed by atoms with E-state index < -0.39 is 0 Å². The van der Waals surface area contributed by atoms with E-state index in [9.17, 15) is 0 Å². The molecule has 1 saturated heterocycles. The van der Waals surface area contributed by atoms with Crippen molar-refractivity contribution in [2.24, 2.45) is 5.92 Å². The third-order valence-corrected chi connectivity index (χ3v) is 3.24. The van der Waals surface area contributed by atoms with E-state index in [1.807, 2.05) is 18.2 Å². The molecule has 1 aliphatic rings. The molecular weight excluding hydrogens is 256 g/mol. The van der Waals surface area contributed by atoms with Crippen molar-refractivity contribution >= 4 is 21.7 Å². The van der Waals surface area contributed by atoms with E-state index in [2.05, 4.69) is 25.8 Å². The second kappa shape index (κ2) is 4.94. The number of hydrogen-bond donors (Lipinski definition) is 1. The molecule has 1 aromatic rings. The van der Waals surface area contributed by atoms with Crippen LogP contribution in [0.1, 0.15) is 12.8 Å². The SMILES string of the molecule is OCC1CCCN(c2cccc(Br)n2)C1. The van der Waals surface area contributed by atoms with E-state index in [1.165, 1.54) is 0 Å². The minimum absolute atomic E-state index is 0.282. The number of nitrogens with zero attached hydrogens (tertiary/aromatic N) is 2. The zero-order valence-corrected chi connectivity index (χ0v) is 10.2. The van der Waals surface area contributed by atoms with Gasteiger partial charge in [0.25, 0.3) is 0 Å². The molecule has 1 fully saturated rings. The van der Waals surface area contributed by atoms with Crippen LogP contribution in [0.4, 0.5) is 5.82 Å². The molecule has 0 aromatic carbocycles. The summed E-state index contributed by atoms with van der Waals surface area (Å²) in [6.45, 7) is 2.24. The number of anilines is 1. The maximum atomic E-state index is 9.15. The first-order valence-corrected chi connectivity index (χ1v) is 6.07. The van der Waals surface area contributed by atoms with Gasteiger partial charge in [0.1, 0.15) is 10.4 Å². The second-order valence-electron chi connectivity index (χ2n) is 3.96. The summed E-state index contributed by atoms with van der Waals surface area (Å²) in [6, 6.07) is 5.94. The van der Waals surface area contributed by atoms with Gasteiger partial charge < -0.3 is 10.0 Å². The molecule has 0 bridgehead atoms. The molecule has 0 spiro atoms. The van der Waals surface area contributed by atoms with E-state index in [4.69, 9.17) is 5.11 Å². The predicted molar refractivity (Wildman–Crippen MR) is 64.0 cm³/mol. The van der Waals surface area contributed by atoms with E-state index in [1.54, 1.807) is 0 Å². The molecule has 3 nitrogen and oxygen atoms in total. The molecule has 4 heteroatoms. The van der Waals surface area contributed by atoms with Crippen LogP contribution in [0.3, 0.4) is 0 Å². The fourth-order valence-corrected chi connectivity index (χ4v) is 2.33. The Kier molecular flexibility index (Phi) is 3.59. The summed E-state index contributed by atoms with van der Waals surface area (Å²) in [5.74, 6) is 1.40. The number of aliphatic hydroxyl groups excluding tert-OH is 1. The van der Waals surface area contributed by atoms with Crippen LogP contribution in [0, 0.1) is 5.92 Å². The molecule has 1 aromatic heterocycles. The number of hydrogen-bond acceptors (Lipinski definition) is 3. The van der Waals surface area contributed by atoms with Crippen molar-refractivity contribution in [3.8, 4) is 0 Å². The Morgan fingerprint density at radius 2 is 2.40 bits per heavy atom. The summed E-state index contributed by atoms with van der Waals surface area (Å²) in [6.07, 6.45) is 2.26. The number of aromatic nitrogens is 1. The van der Waals surface area contributed by atoms with Crippen LogP contribution in [-0.4, -0.2) is 29.8 Å². The van der Waals surface area contributed by atoms with Crippen LogP contribution in [0.15, 0.2) is 22.8 Å². The van der Waals surface area contributed by atoms with Gasteiger partial charge in [-0.05, 0) is 46.8 Å². The second-order valence-corrected chi connectivity index (χ2v) is 4.77. The molecular formula is C11H15BrN2O. The Labute approximate surface area is 98.3 Å². The molecule has 1 aliphatic heterocycles. The Bertz CT molecular complexity index is 332. The fraction of sp³-hybridized carbons (Fsp3) is 0.545. The fourth-order valence-electron chi connectivity index (χ4n) is 2.00. The highest BCUT2D eigenvalue weighted by Gasteiger charge is 2.19.